The van der Waals surface area contributed by atoms with Gasteiger partial charge in [-0.25, -0.2) is 0 Å². The molecule has 64 valence electrons. The van der Waals surface area contributed by atoms with Crippen LogP contribution in [0.1, 0.15) is 12.8 Å². The van der Waals surface area contributed by atoms with Gasteiger partial charge in [0.05, 0.1) is 0 Å². The van der Waals surface area contributed by atoms with Crippen LogP contribution >= 0.6 is 0 Å². The van der Waals surface area contributed by atoms with Gasteiger partial charge in [0.25, 0.3) is 0 Å². The van der Waals surface area contributed by atoms with Crippen LogP contribution in [0.5, 0.6) is 0 Å². The Bertz CT molecular complexity index is 92.4. The summed E-state index contributed by atoms with van der Waals surface area (Å²) in [5, 5.41) is 0. The Labute approximate surface area is 75.0 Å². The van der Waals surface area contributed by atoms with Gasteiger partial charge in [0.15, 0.2) is 0 Å². The Morgan fingerprint density at radius 3 is 2.18 bits per heavy atom. The lowest BCUT2D eigenvalue weighted by Crippen LogP contribution is -2.25. The van der Waals surface area contributed by atoms with E-state index in [0.717, 1.165) is 39.1 Å². The highest BCUT2D eigenvalue weighted by molar-refractivity contribution is 6.17. The maximum absolute atomic E-state index is 5.35. The van der Waals surface area contributed by atoms with Crippen molar-refractivity contribution in [1.82, 2.24) is 4.90 Å². The summed E-state index contributed by atoms with van der Waals surface area (Å²) in [4.78, 5) is 2.33. The molecule has 0 aromatic rings. The summed E-state index contributed by atoms with van der Waals surface area (Å²) < 4.78 is 10.7. The van der Waals surface area contributed by atoms with Crippen LogP contribution < -0.4 is 0 Å². The van der Waals surface area contributed by atoms with E-state index in [4.69, 9.17) is 7.58 Å². The summed E-state index contributed by atoms with van der Waals surface area (Å²) >= 11 is -0.622. The standard InChI is InChI=1S/C7H15NO2.Al.H/c1-8(4-2-6-9)5-3-7-10;;/h2-7H2,1H3;;/q-2;+2;. The molecule has 0 atom stereocenters. The molecule has 0 spiro atoms. The maximum Gasteiger partial charge on any atom is 0.649 e. The number of nitrogens with zero attached hydrogens (tertiary/aromatic N) is 1. The predicted octanol–water partition coefficient (Wildman–Crippen LogP) is 0.0117. The van der Waals surface area contributed by atoms with E-state index in [1.165, 1.54) is 0 Å². The third-order valence-corrected chi connectivity index (χ3v) is 2.73. The minimum atomic E-state index is -0.622. The van der Waals surface area contributed by atoms with Crippen LogP contribution in [0.3, 0.4) is 0 Å². The highest BCUT2D eigenvalue weighted by Crippen LogP contribution is 1.94. The van der Waals surface area contributed by atoms with Crippen molar-refractivity contribution in [3.05, 3.63) is 0 Å². The van der Waals surface area contributed by atoms with Gasteiger partial charge in [0.1, 0.15) is 0 Å². The van der Waals surface area contributed by atoms with Crippen molar-refractivity contribution in [3.8, 4) is 0 Å². The molecule has 0 bridgehead atoms. The van der Waals surface area contributed by atoms with Gasteiger partial charge in [-0.15, -0.1) is 0 Å². The highest BCUT2D eigenvalue weighted by Gasteiger charge is 2.03. The molecule has 0 aliphatic carbocycles. The van der Waals surface area contributed by atoms with Crippen LogP contribution in [0.25, 0.3) is 0 Å². The smallest absolute Gasteiger partial charge is 0.481 e. The molecular formula is C7H16AlNO2. The molecule has 3 nitrogen and oxygen atoms in total. The molecule has 0 amide bonds. The summed E-state index contributed by atoms with van der Waals surface area (Å²) in [7, 11) is 2.15. The van der Waals surface area contributed by atoms with Crippen LogP contribution in [0.15, 0.2) is 0 Å². The summed E-state index contributed by atoms with van der Waals surface area (Å²) in [6.45, 7) is 4.09. The second kappa shape index (κ2) is 5.99. The van der Waals surface area contributed by atoms with E-state index in [1.54, 1.807) is 0 Å². The van der Waals surface area contributed by atoms with E-state index in [0.29, 0.717) is 0 Å². The van der Waals surface area contributed by atoms with Crippen molar-refractivity contribution in [2.24, 2.45) is 0 Å². The van der Waals surface area contributed by atoms with E-state index >= 15 is 0 Å². The van der Waals surface area contributed by atoms with Gasteiger partial charge < -0.3 is 12.5 Å². The average Bonchev–Trinajstić information content (AvgIpc) is 2.03. The third-order valence-electron chi connectivity index (χ3n) is 1.82. The van der Waals surface area contributed by atoms with Crippen LogP contribution in [-0.2, 0) is 7.58 Å². The van der Waals surface area contributed by atoms with Crippen LogP contribution in [0.2, 0.25) is 0 Å². The first-order chi connectivity index (χ1) is 5.39. The van der Waals surface area contributed by atoms with Crippen LogP contribution in [0, 0.1) is 0 Å². The monoisotopic (exact) mass is 173 g/mol. The third kappa shape index (κ3) is 4.78. The van der Waals surface area contributed by atoms with E-state index < -0.39 is 15.9 Å². The van der Waals surface area contributed by atoms with Gasteiger partial charge in [-0.05, 0) is 33.0 Å². The molecule has 11 heavy (non-hydrogen) atoms. The van der Waals surface area contributed by atoms with Crippen LogP contribution in [-0.4, -0.2) is 54.1 Å². The molecule has 4 heteroatoms. The molecule has 0 N–H and O–H groups in total. The fraction of sp³-hybridized carbons (Fsp3) is 1.00. The van der Waals surface area contributed by atoms with E-state index in [1.807, 2.05) is 0 Å². The number of rotatable bonds is 0. The van der Waals surface area contributed by atoms with Gasteiger partial charge in [-0.2, -0.15) is 0 Å². The first-order valence-electron chi connectivity index (χ1n) is 4.23. The molecule has 0 aromatic carbocycles. The Kier molecular flexibility index (Phi) is 5.17. The minimum absolute atomic E-state index is 0.622. The van der Waals surface area contributed by atoms with Crippen molar-refractivity contribution < 1.29 is 7.58 Å². The molecule has 1 heterocycles. The van der Waals surface area contributed by atoms with E-state index in [-0.39, 0.29) is 0 Å². The zero-order valence-electron chi connectivity index (χ0n) is 7.21. The Morgan fingerprint density at radius 1 is 1.09 bits per heavy atom. The zero-order valence-corrected chi connectivity index (χ0v) is 8.63. The molecule has 0 aromatic heterocycles. The summed E-state index contributed by atoms with van der Waals surface area (Å²) in [6, 6.07) is 0. The van der Waals surface area contributed by atoms with Crippen molar-refractivity contribution in [2.45, 2.75) is 12.8 Å². The molecular weight excluding hydrogens is 157 g/mol. The van der Waals surface area contributed by atoms with Gasteiger partial charge in [-0.3, -0.25) is 0 Å². The average molecular weight is 173 g/mol. The van der Waals surface area contributed by atoms with E-state index in [9.17, 15) is 0 Å². The Hall–Kier alpha value is 0.412. The lowest BCUT2D eigenvalue weighted by atomic mass is 10.3. The summed E-state index contributed by atoms with van der Waals surface area (Å²) in [5.74, 6) is 0. The first-order valence-corrected chi connectivity index (χ1v) is 5.39. The molecule has 0 radical (unpaired) electrons. The van der Waals surface area contributed by atoms with Gasteiger partial charge in [0, 0.05) is 13.2 Å². The quantitative estimate of drug-likeness (QED) is 0.482. The van der Waals surface area contributed by atoms with Gasteiger partial charge in [0.2, 0.25) is 0 Å². The normalized spacial score (nSPS) is 24.1. The molecule has 1 aliphatic heterocycles. The molecule has 1 saturated heterocycles. The molecule has 0 unspecified atom stereocenters. The SMILES string of the molecule is CN1CCC[O][AlH][O]CCC1. The first kappa shape index (κ1) is 9.50. The van der Waals surface area contributed by atoms with Gasteiger partial charge in [-0.1, -0.05) is 0 Å². The lowest BCUT2D eigenvalue weighted by molar-refractivity contribution is 0.179. The summed E-state index contributed by atoms with van der Waals surface area (Å²) in [5.41, 5.74) is 0. The molecule has 1 rings (SSSR count). The highest BCUT2D eigenvalue weighted by atomic mass is 27.2. The molecule has 1 aliphatic rings. The Morgan fingerprint density at radius 2 is 1.64 bits per heavy atom. The van der Waals surface area contributed by atoms with Gasteiger partial charge >= 0.3 is 15.9 Å². The second-order valence-corrected chi connectivity index (χ2v) is 4.00. The van der Waals surface area contributed by atoms with Crippen LogP contribution in [0.4, 0.5) is 0 Å². The van der Waals surface area contributed by atoms with Crippen molar-refractivity contribution >= 4 is 15.9 Å². The minimum Gasteiger partial charge on any atom is -0.481 e. The second-order valence-electron chi connectivity index (χ2n) is 2.94. The zero-order chi connectivity index (χ0) is 7.94. The number of hydrogen-bond donors (Lipinski definition) is 0. The number of hydrogen-bond acceptors (Lipinski definition) is 3. The lowest BCUT2D eigenvalue weighted by Gasteiger charge is -2.18. The fourth-order valence-electron chi connectivity index (χ4n) is 1.16. The van der Waals surface area contributed by atoms with Crippen molar-refractivity contribution in [2.75, 3.05) is 33.4 Å². The van der Waals surface area contributed by atoms with E-state index in [2.05, 4.69) is 11.9 Å². The predicted molar refractivity (Wildman–Crippen MR) is 45.8 cm³/mol. The largest absolute Gasteiger partial charge is 0.649 e. The Balaban J connectivity index is 2.12. The molecule has 0 saturated carbocycles. The maximum atomic E-state index is 5.35. The van der Waals surface area contributed by atoms with Crippen molar-refractivity contribution in [3.63, 3.8) is 0 Å². The summed E-state index contributed by atoms with van der Waals surface area (Å²) in [6.07, 6.45) is 2.29. The fourth-order valence-corrected chi connectivity index (χ4v) is 1.92. The van der Waals surface area contributed by atoms with Crippen molar-refractivity contribution in [1.29, 1.82) is 0 Å². The topological polar surface area (TPSA) is 21.7 Å². The molecule has 1 fully saturated rings.